The molecule has 0 unspecified atom stereocenters. The molecular weight excluding hydrogens is 322 g/mol. The molecule has 1 aromatic carbocycles. The smallest absolute Gasteiger partial charge is 0.289 e. The van der Waals surface area contributed by atoms with Crippen LogP contribution < -0.4 is 9.47 Å². The van der Waals surface area contributed by atoms with Crippen LogP contribution in [0, 0.1) is 0 Å². The number of fused-ring (bicyclic) bond motifs is 1. The molecule has 0 aliphatic carbocycles. The van der Waals surface area contributed by atoms with Crippen molar-refractivity contribution in [1.82, 2.24) is 14.9 Å². The van der Waals surface area contributed by atoms with Crippen LogP contribution in [0.25, 0.3) is 11.0 Å². The van der Waals surface area contributed by atoms with Crippen LogP contribution in [0.4, 0.5) is 0 Å². The first-order chi connectivity index (χ1) is 12.2. The third-order valence-electron chi connectivity index (χ3n) is 4.21. The van der Waals surface area contributed by atoms with Crippen molar-refractivity contribution in [2.75, 3.05) is 20.2 Å². The van der Waals surface area contributed by atoms with Gasteiger partial charge in [0, 0.05) is 30.6 Å². The van der Waals surface area contributed by atoms with Gasteiger partial charge >= 0.3 is 0 Å². The van der Waals surface area contributed by atoms with Crippen molar-refractivity contribution in [3.8, 4) is 11.6 Å². The number of likely N-dealkylation sites (tertiary alicyclic amines) is 1. The zero-order valence-corrected chi connectivity index (χ0v) is 13.7. The van der Waals surface area contributed by atoms with Crippen molar-refractivity contribution < 1.29 is 18.7 Å². The highest BCUT2D eigenvalue weighted by molar-refractivity contribution is 5.97. The maximum absolute atomic E-state index is 12.7. The highest BCUT2D eigenvalue weighted by Crippen LogP contribution is 2.29. The number of rotatable bonds is 4. The monoisotopic (exact) mass is 339 g/mol. The van der Waals surface area contributed by atoms with Crippen LogP contribution in [0.2, 0.25) is 0 Å². The predicted molar refractivity (Wildman–Crippen MR) is 89.7 cm³/mol. The average molecular weight is 339 g/mol. The molecule has 0 bridgehead atoms. The quantitative estimate of drug-likeness (QED) is 0.727. The SMILES string of the molecule is COc1cccc2cc(C(=O)N3CC[C@H](Oc4ccncn4)C3)oc12. The highest BCUT2D eigenvalue weighted by atomic mass is 16.5. The van der Waals surface area contributed by atoms with Gasteiger partial charge in [0.25, 0.3) is 5.91 Å². The Morgan fingerprint density at radius 1 is 1.36 bits per heavy atom. The molecule has 2 aromatic heterocycles. The number of furan rings is 1. The summed E-state index contributed by atoms with van der Waals surface area (Å²) in [5.41, 5.74) is 0.585. The van der Waals surface area contributed by atoms with Gasteiger partial charge in [0.1, 0.15) is 12.4 Å². The lowest BCUT2D eigenvalue weighted by Gasteiger charge is -2.15. The van der Waals surface area contributed by atoms with Gasteiger partial charge in [0.2, 0.25) is 5.88 Å². The largest absolute Gasteiger partial charge is 0.493 e. The van der Waals surface area contributed by atoms with E-state index in [1.54, 1.807) is 30.3 Å². The Balaban J connectivity index is 1.48. The Hall–Kier alpha value is -3.09. The summed E-state index contributed by atoms with van der Waals surface area (Å²) in [5, 5.41) is 0.843. The van der Waals surface area contributed by atoms with Crippen molar-refractivity contribution in [3.63, 3.8) is 0 Å². The fourth-order valence-corrected chi connectivity index (χ4v) is 2.99. The number of carbonyl (C=O) groups excluding carboxylic acids is 1. The van der Waals surface area contributed by atoms with Crippen LogP contribution in [0.5, 0.6) is 11.6 Å². The molecule has 0 N–H and O–H groups in total. The van der Waals surface area contributed by atoms with Gasteiger partial charge in [0.05, 0.1) is 13.7 Å². The molecular formula is C18H17N3O4. The maximum atomic E-state index is 12.7. The molecule has 1 saturated heterocycles. The molecule has 3 aromatic rings. The van der Waals surface area contributed by atoms with Crippen LogP contribution >= 0.6 is 0 Å². The summed E-state index contributed by atoms with van der Waals surface area (Å²) < 4.78 is 16.8. The lowest BCUT2D eigenvalue weighted by molar-refractivity contribution is 0.0742. The summed E-state index contributed by atoms with van der Waals surface area (Å²) in [7, 11) is 1.58. The third-order valence-corrected chi connectivity index (χ3v) is 4.21. The Kier molecular flexibility index (Phi) is 3.97. The van der Waals surface area contributed by atoms with Crippen LogP contribution in [-0.4, -0.2) is 47.1 Å². The second kappa shape index (κ2) is 6.43. The van der Waals surface area contributed by atoms with E-state index in [0.29, 0.717) is 36.1 Å². The lowest BCUT2D eigenvalue weighted by atomic mass is 10.2. The molecule has 1 fully saturated rings. The lowest BCUT2D eigenvalue weighted by Crippen LogP contribution is -2.30. The van der Waals surface area contributed by atoms with Crippen molar-refractivity contribution >= 4 is 16.9 Å². The van der Waals surface area contributed by atoms with Gasteiger partial charge in [-0.3, -0.25) is 4.79 Å². The molecule has 7 nitrogen and oxygen atoms in total. The van der Waals surface area contributed by atoms with E-state index < -0.39 is 0 Å². The minimum atomic E-state index is -0.146. The normalized spacial score (nSPS) is 17.0. The Bertz CT molecular complexity index is 894. The second-order valence-corrected chi connectivity index (χ2v) is 5.82. The van der Waals surface area contributed by atoms with E-state index >= 15 is 0 Å². The van der Waals surface area contributed by atoms with E-state index in [9.17, 15) is 4.79 Å². The summed E-state index contributed by atoms with van der Waals surface area (Å²) >= 11 is 0. The minimum absolute atomic E-state index is 0.0854. The molecule has 0 spiro atoms. The topological polar surface area (TPSA) is 77.7 Å². The number of hydrogen-bond donors (Lipinski definition) is 0. The molecule has 0 saturated carbocycles. The van der Waals surface area contributed by atoms with E-state index in [0.717, 1.165) is 11.8 Å². The van der Waals surface area contributed by atoms with Gasteiger partial charge in [-0.05, 0) is 12.1 Å². The summed E-state index contributed by atoms with van der Waals surface area (Å²) in [6.45, 7) is 1.11. The van der Waals surface area contributed by atoms with Crippen LogP contribution in [-0.2, 0) is 0 Å². The number of ether oxygens (including phenoxy) is 2. The Morgan fingerprint density at radius 2 is 2.28 bits per heavy atom. The molecule has 1 aliphatic heterocycles. The number of methoxy groups -OCH3 is 1. The van der Waals surface area contributed by atoms with Crippen LogP contribution in [0.1, 0.15) is 17.0 Å². The summed E-state index contributed by atoms with van der Waals surface area (Å²) in [4.78, 5) is 22.4. The van der Waals surface area contributed by atoms with E-state index in [1.165, 1.54) is 6.33 Å². The first-order valence-corrected chi connectivity index (χ1v) is 8.03. The van der Waals surface area contributed by atoms with Crippen molar-refractivity contribution in [2.45, 2.75) is 12.5 Å². The summed E-state index contributed by atoms with van der Waals surface area (Å²) in [5.74, 6) is 1.29. The Labute approximate surface area is 144 Å². The molecule has 0 radical (unpaired) electrons. The number of nitrogens with zero attached hydrogens (tertiary/aromatic N) is 3. The molecule has 1 atom stereocenters. The molecule has 3 heterocycles. The van der Waals surface area contributed by atoms with Crippen LogP contribution in [0.15, 0.2) is 47.3 Å². The van der Waals surface area contributed by atoms with Gasteiger partial charge < -0.3 is 18.8 Å². The fourth-order valence-electron chi connectivity index (χ4n) is 2.99. The van der Waals surface area contributed by atoms with E-state index in [2.05, 4.69) is 9.97 Å². The number of amides is 1. The van der Waals surface area contributed by atoms with E-state index in [4.69, 9.17) is 13.9 Å². The fraction of sp³-hybridized carbons (Fsp3) is 0.278. The van der Waals surface area contributed by atoms with Crippen molar-refractivity contribution in [1.29, 1.82) is 0 Å². The van der Waals surface area contributed by atoms with Gasteiger partial charge in [-0.15, -0.1) is 0 Å². The molecule has 4 rings (SSSR count). The van der Waals surface area contributed by atoms with E-state index in [-0.39, 0.29) is 12.0 Å². The molecule has 1 amide bonds. The van der Waals surface area contributed by atoms with Gasteiger partial charge in [0.15, 0.2) is 17.1 Å². The van der Waals surface area contributed by atoms with Crippen molar-refractivity contribution in [3.05, 3.63) is 48.6 Å². The predicted octanol–water partition coefficient (Wildman–Crippen LogP) is 2.52. The summed E-state index contributed by atoms with van der Waals surface area (Å²) in [6, 6.07) is 9.02. The first-order valence-electron chi connectivity index (χ1n) is 8.03. The van der Waals surface area contributed by atoms with E-state index in [1.807, 2.05) is 18.2 Å². The number of hydrogen-bond acceptors (Lipinski definition) is 6. The summed E-state index contributed by atoms with van der Waals surface area (Å²) in [6.07, 6.45) is 3.73. The van der Waals surface area contributed by atoms with Gasteiger partial charge in [-0.1, -0.05) is 12.1 Å². The zero-order chi connectivity index (χ0) is 17.2. The standard InChI is InChI=1S/C18H17N3O4/c1-23-14-4-2-3-12-9-15(25-17(12)14)18(22)21-8-6-13(10-21)24-16-5-7-19-11-20-16/h2-5,7,9,11,13H,6,8,10H2,1H3/t13-/m0/s1. The number of para-hydroxylation sites is 1. The second-order valence-electron chi connectivity index (χ2n) is 5.82. The van der Waals surface area contributed by atoms with Crippen molar-refractivity contribution in [2.24, 2.45) is 0 Å². The number of benzene rings is 1. The number of aromatic nitrogens is 2. The average Bonchev–Trinajstić information content (AvgIpc) is 3.28. The zero-order valence-electron chi connectivity index (χ0n) is 13.7. The minimum Gasteiger partial charge on any atom is -0.493 e. The molecule has 7 heteroatoms. The third kappa shape index (κ3) is 3.00. The first kappa shape index (κ1) is 15.4. The Morgan fingerprint density at radius 3 is 3.08 bits per heavy atom. The molecule has 1 aliphatic rings. The maximum Gasteiger partial charge on any atom is 0.289 e. The van der Waals surface area contributed by atoms with Crippen LogP contribution in [0.3, 0.4) is 0 Å². The van der Waals surface area contributed by atoms with Gasteiger partial charge in [-0.25, -0.2) is 9.97 Å². The van der Waals surface area contributed by atoms with Gasteiger partial charge in [-0.2, -0.15) is 0 Å². The number of carbonyl (C=O) groups is 1. The molecule has 25 heavy (non-hydrogen) atoms. The highest BCUT2D eigenvalue weighted by Gasteiger charge is 2.30. The molecule has 128 valence electrons.